The van der Waals surface area contributed by atoms with Crippen molar-refractivity contribution in [1.29, 1.82) is 0 Å². The molecule has 0 atom stereocenters. The second-order valence-electron chi connectivity index (χ2n) is 4.75. The third-order valence-corrected chi connectivity index (χ3v) is 3.89. The average Bonchev–Trinajstić information content (AvgIpc) is 2.43. The van der Waals surface area contributed by atoms with Gasteiger partial charge in [-0.25, -0.2) is 4.79 Å². The lowest BCUT2D eigenvalue weighted by atomic mass is 10.2. The quantitative estimate of drug-likeness (QED) is 0.623. The van der Waals surface area contributed by atoms with Crippen molar-refractivity contribution in [1.82, 2.24) is 0 Å². The summed E-state index contributed by atoms with van der Waals surface area (Å²) in [6.45, 7) is 1.89. The predicted octanol–water partition coefficient (Wildman–Crippen LogP) is 6.07. The van der Waals surface area contributed by atoms with Crippen molar-refractivity contribution < 1.29 is 18.0 Å². The van der Waals surface area contributed by atoms with Crippen LogP contribution in [0.2, 0.25) is 5.02 Å². The number of hydrogen-bond acceptors (Lipinski definition) is 1. The van der Waals surface area contributed by atoms with Gasteiger partial charge in [-0.2, -0.15) is 13.2 Å². The molecule has 0 saturated heterocycles. The van der Waals surface area contributed by atoms with Crippen molar-refractivity contribution in [3.63, 3.8) is 0 Å². The lowest BCUT2D eigenvalue weighted by Crippen LogP contribution is -2.20. The minimum atomic E-state index is -4.59. The van der Waals surface area contributed by atoms with E-state index < -0.39 is 22.8 Å². The van der Waals surface area contributed by atoms with Gasteiger partial charge >= 0.3 is 12.2 Å². The molecule has 0 unspecified atom stereocenters. The second kappa shape index (κ2) is 6.80. The summed E-state index contributed by atoms with van der Waals surface area (Å²) in [6, 6.07) is 7.78. The monoisotopic (exact) mass is 406 g/mol. The number of nitrogens with one attached hydrogen (secondary N) is 2. The fourth-order valence-electron chi connectivity index (χ4n) is 1.83. The molecular formula is C15H11BrClF3N2O. The predicted molar refractivity (Wildman–Crippen MR) is 88.0 cm³/mol. The number of aryl methyl sites for hydroxylation is 1. The van der Waals surface area contributed by atoms with E-state index in [4.69, 9.17) is 11.6 Å². The number of carbonyl (C=O) groups excluding carboxylic acids is 1. The Morgan fingerprint density at radius 3 is 2.43 bits per heavy atom. The number of halogens is 5. The van der Waals surface area contributed by atoms with Crippen LogP contribution in [0.3, 0.4) is 0 Å². The number of benzene rings is 2. The summed E-state index contributed by atoms with van der Waals surface area (Å²) in [5.74, 6) is 0. The number of carbonyl (C=O) groups is 1. The van der Waals surface area contributed by atoms with Crippen LogP contribution in [0.15, 0.2) is 40.9 Å². The van der Waals surface area contributed by atoms with E-state index in [0.717, 1.165) is 17.7 Å². The first-order valence-electron chi connectivity index (χ1n) is 6.38. The van der Waals surface area contributed by atoms with Crippen LogP contribution in [0.1, 0.15) is 11.1 Å². The molecule has 0 aliphatic carbocycles. The van der Waals surface area contributed by atoms with Gasteiger partial charge in [0.15, 0.2) is 0 Å². The summed E-state index contributed by atoms with van der Waals surface area (Å²) in [5.41, 5.74) is 0.476. The molecule has 3 nitrogen and oxygen atoms in total. The van der Waals surface area contributed by atoms with Crippen LogP contribution in [-0.4, -0.2) is 6.03 Å². The molecule has 122 valence electrons. The van der Waals surface area contributed by atoms with Gasteiger partial charge in [0.05, 0.1) is 16.3 Å². The third kappa shape index (κ3) is 4.62. The topological polar surface area (TPSA) is 41.1 Å². The highest BCUT2D eigenvalue weighted by Crippen LogP contribution is 2.36. The molecule has 0 aliphatic heterocycles. The Bertz CT molecular complexity index is 750. The first-order valence-corrected chi connectivity index (χ1v) is 7.55. The number of alkyl halides is 3. The van der Waals surface area contributed by atoms with Crippen molar-refractivity contribution in [2.75, 3.05) is 10.6 Å². The molecule has 0 aromatic heterocycles. The van der Waals surface area contributed by atoms with Crippen molar-refractivity contribution in [3.05, 3.63) is 57.0 Å². The summed E-state index contributed by atoms with van der Waals surface area (Å²) in [7, 11) is 0. The first-order chi connectivity index (χ1) is 10.7. The molecule has 2 N–H and O–H groups in total. The van der Waals surface area contributed by atoms with Crippen LogP contribution in [0.5, 0.6) is 0 Å². The van der Waals surface area contributed by atoms with E-state index in [2.05, 4.69) is 26.6 Å². The van der Waals surface area contributed by atoms with E-state index in [-0.39, 0.29) is 5.69 Å². The Morgan fingerprint density at radius 1 is 1.13 bits per heavy atom. The highest BCUT2D eigenvalue weighted by atomic mass is 79.9. The molecule has 0 spiro atoms. The van der Waals surface area contributed by atoms with E-state index >= 15 is 0 Å². The zero-order chi connectivity index (χ0) is 17.2. The first kappa shape index (κ1) is 17.6. The fraction of sp³-hybridized carbons (Fsp3) is 0.133. The summed E-state index contributed by atoms with van der Waals surface area (Å²) in [5, 5.41) is 4.46. The molecule has 0 radical (unpaired) electrons. The molecule has 8 heteroatoms. The van der Waals surface area contributed by atoms with Gasteiger partial charge in [-0.15, -0.1) is 0 Å². The minimum Gasteiger partial charge on any atom is -0.308 e. The molecule has 23 heavy (non-hydrogen) atoms. The van der Waals surface area contributed by atoms with Gasteiger partial charge in [-0.3, -0.25) is 0 Å². The van der Waals surface area contributed by atoms with Crippen molar-refractivity contribution in [2.45, 2.75) is 13.1 Å². The minimum absolute atomic E-state index is 0.0116. The van der Waals surface area contributed by atoms with Crippen LogP contribution in [0, 0.1) is 6.92 Å². The van der Waals surface area contributed by atoms with E-state index in [0.29, 0.717) is 10.2 Å². The number of rotatable bonds is 2. The van der Waals surface area contributed by atoms with E-state index in [9.17, 15) is 18.0 Å². The molecule has 0 bridgehead atoms. The Morgan fingerprint density at radius 2 is 1.83 bits per heavy atom. The highest BCUT2D eigenvalue weighted by molar-refractivity contribution is 9.10. The van der Waals surface area contributed by atoms with Gasteiger partial charge in [0.25, 0.3) is 0 Å². The summed E-state index contributed by atoms with van der Waals surface area (Å²) >= 11 is 8.83. The zero-order valence-electron chi connectivity index (χ0n) is 11.8. The summed E-state index contributed by atoms with van der Waals surface area (Å²) < 4.78 is 39.0. The van der Waals surface area contributed by atoms with Gasteiger partial charge in [0.2, 0.25) is 0 Å². The molecule has 2 amide bonds. The van der Waals surface area contributed by atoms with E-state index in [1.54, 1.807) is 18.2 Å². The SMILES string of the molecule is Cc1ccc(NC(=O)Nc2ccc(Cl)c(C(F)(F)F)c2)c(Br)c1. The highest BCUT2D eigenvalue weighted by Gasteiger charge is 2.33. The second-order valence-corrected chi connectivity index (χ2v) is 6.02. The van der Waals surface area contributed by atoms with Crippen LogP contribution in [-0.2, 0) is 6.18 Å². The van der Waals surface area contributed by atoms with Crippen molar-refractivity contribution in [3.8, 4) is 0 Å². The van der Waals surface area contributed by atoms with Gasteiger partial charge in [-0.1, -0.05) is 17.7 Å². The lowest BCUT2D eigenvalue weighted by Gasteiger charge is -2.13. The molecule has 0 aliphatic rings. The van der Waals surface area contributed by atoms with Gasteiger partial charge in [0, 0.05) is 10.2 Å². The maximum absolute atomic E-state index is 12.8. The number of anilines is 2. The van der Waals surface area contributed by atoms with Gasteiger partial charge in [-0.05, 0) is 58.7 Å². The smallest absolute Gasteiger partial charge is 0.308 e. The average molecular weight is 408 g/mol. The zero-order valence-corrected chi connectivity index (χ0v) is 14.1. The molecule has 0 saturated carbocycles. The molecule has 0 heterocycles. The van der Waals surface area contributed by atoms with Crippen molar-refractivity contribution in [2.24, 2.45) is 0 Å². The maximum atomic E-state index is 12.8. The standard InChI is InChI=1S/C15H11BrClF3N2O/c1-8-2-5-13(11(16)6-8)22-14(23)21-9-3-4-12(17)10(7-9)15(18,19)20/h2-7H,1H3,(H2,21,22,23). The molecule has 2 aromatic rings. The van der Waals surface area contributed by atoms with E-state index in [1.807, 2.05) is 6.92 Å². The van der Waals surface area contributed by atoms with Crippen LogP contribution in [0.4, 0.5) is 29.3 Å². The molecule has 2 rings (SSSR count). The van der Waals surface area contributed by atoms with Crippen molar-refractivity contribution >= 4 is 44.9 Å². The largest absolute Gasteiger partial charge is 0.417 e. The number of hydrogen-bond donors (Lipinski definition) is 2. The summed E-state index contributed by atoms with van der Waals surface area (Å²) in [6.07, 6.45) is -4.59. The Balaban J connectivity index is 2.14. The van der Waals surface area contributed by atoms with Gasteiger partial charge < -0.3 is 10.6 Å². The third-order valence-electron chi connectivity index (χ3n) is 2.90. The normalized spacial score (nSPS) is 11.2. The van der Waals surface area contributed by atoms with E-state index in [1.165, 1.54) is 6.07 Å². The summed E-state index contributed by atoms with van der Waals surface area (Å²) in [4.78, 5) is 11.9. The van der Waals surface area contributed by atoms with Crippen LogP contribution in [0.25, 0.3) is 0 Å². The number of amides is 2. The van der Waals surface area contributed by atoms with Gasteiger partial charge in [0.1, 0.15) is 0 Å². The molecule has 0 fully saturated rings. The molecule has 2 aromatic carbocycles. The Hall–Kier alpha value is -1.73. The Labute approximate surface area is 144 Å². The van der Waals surface area contributed by atoms with Crippen LogP contribution >= 0.6 is 27.5 Å². The van der Waals surface area contributed by atoms with Crippen LogP contribution < -0.4 is 10.6 Å². The fourth-order valence-corrected chi connectivity index (χ4v) is 2.64. The Kier molecular flexibility index (Phi) is 5.21. The molecular weight excluding hydrogens is 397 g/mol. The maximum Gasteiger partial charge on any atom is 0.417 e. The lowest BCUT2D eigenvalue weighted by molar-refractivity contribution is -0.137. The number of urea groups is 1.